The SMILES string of the molecule is CCC12CCCc3cccc(c31)C=C(Cn1ccnc1)C2.Cl. The van der Waals surface area contributed by atoms with E-state index in [1.54, 1.807) is 16.7 Å². The number of hydrogen-bond donors (Lipinski definition) is 0. The molecule has 0 radical (unpaired) electrons. The van der Waals surface area contributed by atoms with Crippen molar-refractivity contribution in [1.29, 1.82) is 0 Å². The summed E-state index contributed by atoms with van der Waals surface area (Å²) in [5.41, 5.74) is 6.65. The molecule has 0 aliphatic heterocycles. The number of nitrogens with zero attached hydrogens (tertiary/aromatic N) is 2. The molecular formula is C19H23ClN2. The van der Waals surface area contributed by atoms with Gasteiger partial charge in [0.25, 0.3) is 0 Å². The van der Waals surface area contributed by atoms with Crippen LogP contribution in [0, 0.1) is 0 Å². The summed E-state index contributed by atoms with van der Waals surface area (Å²) in [6.45, 7) is 3.34. The summed E-state index contributed by atoms with van der Waals surface area (Å²) in [6.07, 6.45) is 14.7. The number of allylic oxidation sites excluding steroid dienone is 1. The van der Waals surface area contributed by atoms with Crippen LogP contribution in [-0.2, 0) is 18.4 Å². The first-order valence-electron chi connectivity index (χ1n) is 8.08. The molecule has 0 fully saturated rings. The van der Waals surface area contributed by atoms with E-state index in [1.807, 2.05) is 12.5 Å². The first-order valence-corrected chi connectivity index (χ1v) is 8.08. The van der Waals surface area contributed by atoms with Gasteiger partial charge >= 0.3 is 0 Å². The van der Waals surface area contributed by atoms with E-state index in [9.17, 15) is 0 Å². The zero-order chi connectivity index (χ0) is 14.3. The van der Waals surface area contributed by atoms with Crippen LogP contribution in [0.3, 0.4) is 0 Å². The van der Waals surface area contributed by atoms with Crippen LogP contribution in [0.1, 0.15) is 49.3 Å². The Bertz CT molecular complexity index is 687. The molecule has 0 bridgehead atoms. The smallest absolute Gasteiger partial charge is 0.0948 e. The summed E-state index contributed by atoms with van der Waals surface area (Å²) in [7, 11) is 0. The quantitative estimate of drug-likeness (QED) is 0.797. The minimum Gasteiger partial charge on any atom is -0.333 e. The summed E-state index contributed by atoms with van der Waals surface area (Å²) in [5, 5.41) is 0. The van der Waals surface area contributed by atoms with Crippen molar-refractivity contribution < 1.29 is 0 Å². The summed E-state index contributed by atoms with van der Waals surface area (Å²) in [5.74, 6) is 0. The maximum Gasteiger partial charge on any atom is 0.0948 e. The van der Waals surface area contributed by atoms with E-state index in [1.165, 1.54) is 37.7 Å². The Balaban J connectivity index is 0.00000144. The predicted octanol–water partition coefficient (Wildman–Crippen LogP) is 4.78. The van der Waals surface area contributed by atoms with Gasteiger partial charge in [-0.05, 0) is 59.8 Å². The minimum absolute atomic E-state index is 0. The third-order valence-corrected chi connectivity index (χ3v) is 5.36. The Labute approximate surface area is 138 Å². The largest absolute Gasteiger partial charge is 0.333 e. The van der Waals surface area contributed by atoms with Crippen LogP contribution in [0.15, 0.2) is 42.5 Å². The van der Waals surface area contributed by atoms with Gasteiger partial charge in [-0.2, -0.15) is 0 Å². The Morgan fingerprint density at radius 3 is 3.00 bits per heavy atom. The molecular weight excluding hydrogens is 292 g/mol. The standard InChI is InChI=1S/C19H22N2.ClH/c1-2-19-8-4-7-16-5-3-6-17(18(16)19)11-15(12-19)13-21-10-9-20-14-21;/h3,5-6,9-11,14H,2,4,7-8,12-13H2,1H3;1H. The molecule has 2 aromatic rings. The number of halogens is 1. The summed E-state index contributed by atoms with van der Waals surface area (Å²) >= 11 is 0. The Hall–Kier alpha value is -1.54. The lowest BCUT2D eigenvalue weighted by Gasteiger charge is -2.43. The number of aryl methyl sites for hydroxylation is 1. The first kappa shape index (κ1) is 15.4. The highest BCUT2D eigenvalue weighted by atomic mass is 35.5. The van der Waals surface area contributed by atoms with Gasteiger partial charge in [0.2, 0.25) is 0 Å². The zero-order valence-corrected chi connectivity index (χ0v) is 13.9. The third kappa shape index (κ3) is 2.40. The van der Waals surface area contributed by atoms with Gasteiger partial charge in [0.05, 0.1) is 6.33 Å². The van der Waals surface area contributed by atoms with Crippen molar-refractivity contribution in [3.8, 4) is 0 Å². The van der Waals surface area contributed by atoms with E-state index in [-0.39, 0.29) is 12.4 Å². The second-order valence-corrected chi connectivity index (χ2v) is 6.58. The van der Waals surface area contributed by atoms with Gasteiger partial charge in [-0.25, -0.2) is 4.98 Å². The van der Waals surface area contributed by atoms with Crippen molar-refractivity contribution in [2.45, 2.75) is 51.0 Å². The molecule has 1 atom stereocenters. The maximum absolute atomic E-state index is 4.17. The van der Waals surface area contributed by atoms with E-state index in [2.05, 4.69) is 46.9 Å². The molecule has 0 amide bonds. The van der Waals surface area contributed by atoms with Gasteiger partial charge in [-0.15, -0.1) is 12.4 Å². The van der Waals surface area contributed by atoms with Gasteiger partial charge in [0.15, 0.2) is 0 Å². The van der Waals surface area contributed by atoms with Crippen molar-refractivity contribution in [3.63, 3.8) is 0 Å². The lowest BCUT2D eigenvalue weighted by molar-refractivity contribution is 0.335. The highest BCUT2D eigenvalue weighted by Crippen LogP contribution is 2.49. The molecule has 1 aromatic carbocycles. The van der Waals surface area contributed by atoms with Crippen molar-refractivity contribution in [3.05, 3.63) is 59.2 Å². The number of hydrogen-bond acceptors (Lipinski definition) is 1. The van der Waals surface area contributed by atoms with E-state index in [0.717, 1.165) is 6.54 Å². The number of rotatable bonds is 3. The second-order valence-electron chi connectivity index (χ2n) is 6.58. The molecule has 0 spiro atoms. The second kappa shape index (κ2) is 5.92. The molecule has 3 heteroatoms. The maximum atomic E-state index is 4.17. The first-order chi connectivity index (χ1) is 10.3. The number of benzene rings is 1. The van der Waals surface area contributed by atoms with Crippen molar-refractivity contribution >= 4 is 18.5 Å². The summed E-state index contributed by atoms with van der Waals surface area (Å²) in [4.78, 5) is 4.17. The van der Waals surface area contributed by atoms with Crippen LogP contribution in [0.5, 0.6) is 0 Å². The molecule has 1 aromatic heterocycles. The molecule has 116 valence electrons. The van der Waals surface area contributed by atoms with E-state index < -0.39 is 0 Å². The molecule has 2 nitrogen and oxygen atoms in total. The van der Waals surface area contributed by atoms with Crippen LogP contribution in [-0.4, -0.2) is 9.55 Å². The fourth-order valence-electron chi connectivity index (χ4n) is 4.41. The average molecular weight is 315 g/mol. The van der Waals surface area contributed by atoms with Gasteiger partial charge in [0, 0.05) is 18.9 Å². The fraction of sp³-hybridized carbons (Fsp3) is 0.421. The van der Waals surface area contributed by atoms with Crippen LogP contribution in [0.4, 0.5) is 0 Å². The van der Waals surface area contributed by atoms with Gasteiger partial charge in [-0.3, -0.25) is 0 Å². The van der Waals surface area contributed by atoms with Crippen LogP contribution < -0.4 is 0 Å². The number of aromatic nitrogens is 2. The van der Waals surface area contributed by atoms with Gasteiger partial charge in [-0.1, -0.05) is 31.2 Å². The molecule has 4 rings (SSSR count). The summed E-state index contributed by atoms with van der Waals surface area (Å²) in [6, 6.07) is 6.88. The average Bonchev–Trinajstić information content (AvgIpc) is 3.00. The Morgan fingerprint density at radius 2 is 2.23 bits per heavy atom. The van der Waals surface area contributed by atoms with E-state index >= 15 is 0 Å². The minimum atomic E-state index is 0. The van der Waals surface area contributed by atoms with E-state index in [4.69, 9.17) is 0 Å². The highest BCUT2D eigenvalue weighted by molar-refractivity contribution is 5.85. The zero-order valence-electron chi connectivity index (χ0n) is 13.1. The molecule has 0 saturated carbocycles. The Morgan fingerprint density at radius 1 is 1.32 bits per heavy atom. The molecule has 22 heavy (non-hydrogen) atoms. The topological polar surface area (TPSA) is 17.8 Å². The lowest BCUT2D eigenvalue weighted by Crippen LogP contribution is -2.34. The molecule has 0 saturated heterocycles. The van der Waals surface area contributed by atoms with Gasteiger partial charge in [0.1, 0.15) is 0 Å². The molecule has 0 N–H and O–H groups in total. The molecule has 2 aliphatic rings. The lowest BCUT2D eigenvalue weighted by atomic mass is 9.61. The molecule has 2 aliphatic carbocycles. The fourth-order valence-corrected chi connectivity index (χ4v) is 4.41. The van der Waals surface area contributed by atoms with Crippen molar-refractivity contribution in [2.75, 3.05) is 0 Å². The molecule has 1 unspecified atom stereocenters. The highest BCUT2D eigenvalue weighted by Gasteiger charge is 2.39. The van der Waals surface area contributed by atoms with Gasteiger partial charge < -0.3 is 4.57 Å². The predicted molar refractivity (Wildman–Crippen MR) is 93.4 cm³/mol. The monoisotopic (exact) mass is 314 g/mol. The normalized spacial score (nSPS) is 22.5. The summed E-state index contributed by atoms with van der Waals surface area (Å²) < 4.78 is 2.19. The number of imidazole rings is 1. The molecule has 1 heterocycles. The van der Waals surface area contributed by atoms with Crippen molar-refractivity contribution in [1.82, 2.24) is 9.55 Å². The van der Waals surface area contributed by atoms with Crippen LogP contribution >= 0.6 is 12.4 Å². The van der Waals surface area contributed by atoms with Crippen LogP contribution in [0.25, 0.3) is 6.08 Å². The van der Waals surface area contributed by atoms with Crippen molar-refractivity contribution in [2.24, 2.45) is 0 Å². The van der Waals surface area contributed by atoms with Crippen LogP contribution in [0.2, 0.25) is 0 Å². The van der Waals surface area contributed by atoms with E-state index in [0.29, 0.717) is 5.41 Å². The Kier molecular flexibility index (Phi) is 4.14. The third-order valence-electron chi connectivity index (χ3n) is 5.36.